The van der Waals surface area contributed by atoms with Gasteiger partial charge in [0.2, 0.25) is 0 Å². The van der Waals surface area contributed by atoms with Crippen molar-refractivity contribution in [3.63, 3.8) is 0 Å². The molecule has 2 N–H and O–H groups in total. The van der Waals surface area contributed by atoms with E-state index in [1.165, 1.54) is 0 Å². The van der Waals surface area contributed by atoms with Crippen LogP contribution in [0.3, 0.4) is 0 Å². The summed E-state index contributed by atoms with van der Waals surface area (Å²) in [7, 11) is 0. The molecular weight excluding hydrogens is 336 g/mol. The summed E-state index contributed by atoms with van der Waals surface area (Å²) in [6.07, 6.45) is 1.54. The van der Waals surface area contributed by atoms with Gasteiger partial charge in [0.25, 0.3) is 5.92 Å². The number of benzene rings is 2. The lowest BCUT2D eigenvalue weighted by molar-refractivity contribution is -0.0119. The van der Waals surface area contributed by atoms with Crippen LogP contribution in [0.1, 0.15) is 17.5 Å². The van der Waals surface area contributed by atoms with E-state index in [0.29, 0.717) is 17.7 Å². The van der Waals surface area contributed by atoms with E-state index in [9.17, 15) is 13.9 Å². The number of aryl methyl sites for hydroxylation is 1. The number of halogens is 2. The molecule has 26 heavy (non-hydrogen) atoms. The molecule has 0 aliphatic heterocycles. The number of phenols is 1. The second-order valence-corrected chi connectivity index (χ2v) is 6.79. The summed E-state index contributed by atoms with van der Waals surface area (Å²) in [6, 6.07) is 10.3. The van der Waals surface area contributed by atoms with E-state index in [1.54, 1.807) is 30.5 Å². The first-order chi connectivity index (χ1) is 12.5. The molecule has 2 aromatic heterocycles. The highest BCUT2D eigenvalue weighted by Crippen LogP contribution is 2.42. The van der Waals surface area contributed by atoms with Crippen LogP contribution in [0.4, 0.5) is 8.78 Å². The fraction of sp³-hybridized carbons (Fsp3) is 0.200. The van der Waals surface area contributed by atoms with Crippen LogP contribution in [0.15, 0.2) is 42.6 Å². The molecule has 0 saturated heterocycles. The summed E-state index contributed by atoms with van der Waals surface area (Å²) in [5.41, 5.74) is 4.45. The normalized spacial score (nSPS) is 16.1. The average molecular weight is 351 g/mol. The number of rotatable bonds is 1. The number of hydrogen-bond donors (Lipinski definition) is 2. The van der Waals surface area contributed by atoms with Gasteiger partial charge in [-0.25, -0.2) is 13.8 Å². The topological polar surface area (TPSA) is 61.8 Å². The van der Waals surface area contributed by atoms with Gasteiger partial charge in [-0.1, -0.05) is 0 Å². The molecule has 130 valence electrons. The Morgan fingerprint density at radius 2 is 1.85 bits per heavy atom. The van der Waals surface area contributed by atoms with Gasteiger partial charge in [-0.05, 0) is 53.9 Å². The minimum atomic E-state index is -2.74. The van der Waals surface area contributed by atoms with Crippen molar-refractivity contribution in [1.82, 2.24) is 15.2 Å². The second-order valence-electron chi connectivity index (χ2n) is 6.79. The molecular formula is C20H15F2N3O. The van der Waals surface area contributed by atoms with E-state index in [4.69, 9.17) is 4.98 Å². The van der Waals surface area contributed by atoms with Gasteiger partial charge in [0, 0.05) is 29.2 Å². The molecule has 5 rings (SSSR count). The lowest BCUT2D eigenvalue weighted by Crippen LogP contribution is -2.27. The fourth-order valence-corrected chi connectivity index (χ4v) is 3.88. The zero-order valence-corrected chi connectivity index (χ0v) is 13.8. The Bertz CT molecular complexity index is 1150. The Kier molecular flexibility index (Phi) is 3.07. The second kappa shape index (κ2) is 5.24. The van der Waals surface area contributed by atoms with E-state index in [0.717, 1.165) is 32.9 Å². The van der Waals surface area contributed by atoms with Gasteiger partial charge >= 0.3 is 0 Å². The minimum absolute atomic E-state index is 0.133. The standard InChI is InChI=1S/C20H15F2N3O/c21-20(22)8-7-13-14(9-20)19(11-1-3-12(26)4-2-11)24-17-6-5-16-15(18(13)17)10-23-25-16/h1-6,10,26H,7-9H2,(H,23,25). The number of nitrogens with zero attached hydrogens (tertiary/aromatic N) is 2. The summed E-state index contributed by atoms with van der Waals surface area (Å²) < 4.78 is 28.4. The van der Waals surface area contributed by atoms with E-state index in [2.05, 4.69) is 10.2 Å². The highest BCUT2D eigenvalue weighted by Gasteiger charge is 2.37. The van der Waals surface area contributed by atoms with Crippen LogP contribution in [-0.2, 0) is 12.8 Å². The molecule has 2 aromatic carbocycles. The summed E-state index contributed by atoms with van der Waals surface area (Å²) >= 11 is 0. The van der Waals surface area contributed by atoms with Crippen molar-refractivity contribution in [3.05, 3.63) is 53.7 Å². The molecule has 6 heteroatoms. The number of pyridine rings is 1. The zero-order valence-electron chi connectivity index (χ0n) is 13.8. The number of aromatic amines is 1. The third-order valence-corrected chi connectivity index (χ3v) is 5.10. The van der Waals surface area contributed by atoms with Gasteiger partial charge in [0.05, 0.1) is 22.9 Å². The molecule has 4 nitrogen and oxygen atoms in total. The third kappa shape index (κ3) is 2.25. The maximum Gasteiger partial charge on any atom is 0.252 e. The van der Waals surface area contributed by atoms with Crippen LogP contribution in [0.2, 0.25) is 0 Å². The van der Waals surface area contributed by atoms with Crippen molar-refractivity contribution >= 4 is 21.8 Å². The first-order valence-electron chi connectivity index (χ1n) is 8.47. The Balaban J connectivity index is 1.88. The maximum absolute atomic E-state index is 14.2. The minimum Gasteiger partial charge on any atom is -0.508 e. The third-order valence-electron chi connectivity index (χ3n) is 5.10. The van der Waals surface area contributed by atoms with Crippen LogP contribution >= 0.6 is 0 Å². The molecule has 0 saturated carbocycles. The quantitative estimate of drug-likeness (QED) is 0.526. The monoisotopic (exact) mass is 351 g/mol. The van der Waals surface area contributed by atoms with Crippen molar-refractivity contribution < 1.29 is 13.9 Å². The van der Waals surface area contributed by atoms with Gasteiger partial charge in [-0.2, -0.15) is 5.10 Å². The molecule has 0 fully saturated rings. The van der Waals surface area contributed by atoms with Gasteiger partial charge in [-0.15, -0.1) is 0 Å². The molecule has 0 atom stereocenters. The largest absolute Gasteiger partial charge is 0.508 e. The first-order valence-corrected chi connectivity index (χ1v) is 8.47. The Morgan fingerprint density at radius 1 is 1.04 bits per heavy atom. The summed E-state index contributed by atoms with van der Waals surface area (Å²) in [5, 5.41) is 18.4. The lowest BCUT2D eigenvalue weighted by Gasteiger charge is -2.27. The van der Waals surface area contributed by atoms with Crippen LogP contribution in [0.5, 0.6) is 5.75 Å². The number of aromatic nitrogens is 3. The molecule has 0 radical (unpaired) electrons. The highest BCUT2D eigenvalue weighted by molar-refractivity contribution is 6.07. The van der Waals surface area contributed by atoms with Gasteiger partial charge in [0.1, 0.15) is 5.75 Å². The molecule has 1 aliphatic carbocycles. The maximum atomic E-state index is 14.2. The first kappa shape index (κ1) is 15.3. The SMILES string of the molecule is Oc1ccc(-c2nc3ccc4[nH]ncc4c3c3c2CC(F)(F)CC3)cc1. The van der Waals surface area contributed by atoms with Crippen molar-refractivity contribution in [2.24, 2.45) is 0 Å². The van der Waals surface area contributed by atoms with E-state index in [1.807, 2.05) is 12.1 Å². The van der Waals surface area contributed by atoms with E-state index < -0.39 is 5.92 Å². The van der Waals surface area contributed by atoms with Crippen LogP contribution in [0.25, 0.3) is 33.1 Å². The van der Waals surface area contributed by atoms with Gasteiger partial charge in [-0.3, -0.25) is 5.10 Å². The number of alkyl halides is 2. The lowest BCUT2D eigenvalue weighted by atomic mass is 9.83. The smallest absolute Gasteiger partial charge is 0.252 e. The molecule has 2 heterocycles. The van der Waals surface area contributed by atoms with E-state index >= 15 is 0 Å². The number of hydrogen-bond acceptors (Lipinski definition) is 3. The number of nitrogens with one attached hydrogen (secondary N) is 1. The van der Waals surface area contributed by atoms with Crippen molar-refractivity contribution in [2.75, 3.05) is 0 Å². The molecule has 0 spiro atoms. The van der Waals surface area contributed by atoms with Crippen LogP contribution in [0, 0.1) is 0 Å². The fourth-order valence-electron chi connectivity index (χ4n) is 3.88. The average Bonchev–Trinajstić information content (AvgIpc) is 3.09. The zero-order chi connectivity index (χ0) is 17.9. The Morgan fingerprint density at radius 3 is 2.65 bits per heavy atom. The highest BCUT2D eigenvalue weighted by atomic mass is 19.3. The number of aromatic hydroxyl groups is 1. The molecule has 0 bridgehead atoms. The number of fused-ring (bicyclic) bond motifs is 5. The summed E-state index contributed by atoms with van der Waals surface area (Å²) in [5.74, 6) is -2.60. The van der Waals surface area contributed by atoms with Crippen molar-refractivity contribution in [3.8, 4) is 17.0 Å². The van der Waals surface area contributed by atoms with E-state index in [-0.39, 0.29) is 18.6 Å². The predicted octanol–water partition coefficient (Wildman–Crippen LogP) is 4.61. The van der Waals surface area contributed by atoms with Gasteiger partial charge < -0.3 is 5.11 Å². The summed E-state index contributed by atoms with van der Waals surface area (Å²) in [6.45, 7) is 0. The summed E-state index contributed by atoms with van der Waals surface area (Å²) in [4.78, 5) is 4.73. The predicted molar refractivity (Wildman–Crippen MR) is 95.5 cm³/mol. The Labute approximate surface area is 147 Å². The molecule has 4 aromatic rings. The molecule has 0 unspecified atom stereocenters. The van der Waals surface area contributed by atoms with Crippen LogP contribution in [-0.4, -0.2) is 26.2 Å². The van der Waals surface area contributed by atoms with Crippen molar-refractivity contribution in [2.45, 2.75) is 25.2 Å². The molecule has 1 aliphatic rings. The van der Waals surface area contributed by atoms with Gasteiger partial charge in [0.15, 0.2) is 0 Å². The number of H-pyrrole nitrogens is 1. The van der Waals surface area contributed by atoms with Crippen LogP contribution < -0.4 is 0 Å². The molecule has 0 amide bonds. The van der Waals surface area contributed by atoms with Crippen molar-refractivity contribution in [1.29, 1.82) is 0 Å². The number of phenolic OH excluding ortho intramolecular Hbond substituents is 1. The Hall–Kier alpha value is -3.02.